The van der Waals surface area contributed by atoms with Crippen molar-refractivity contribution in [2.45, 2.75) is 113 Å². The smallest absolute Gasteiger partial charge is 0.0344 e. The van der Waals surface area contributed by atoms with Gasteiger partial charge in [0.1, 0.15) is 0 Å². The zero-order chi connectivity index (χ0) is 19.6. The topological polar surface area (TPSA) is 0 Å². The highest BCUT2D eigenvalue weighted by Crippen LogP contribution is 2.39. The molecule has 0 fully saturated rings. The Morgan fingerprint density at radius 1 is 0.519 bits per heavy atom. The fourth-order valence-corrected chi connectivity index (χ4v) is 6.70. The predicted molar refractivity (Wildman–Crippen MR) is 131 cm³/mol. The van der Waals surface area contributed by atoms with Gasteiger partial charge in [0.15, 0.2) is 0 Å². The first kappa shape index (κ1) is 25.3. The van der Waals surface area contributed by atoms with Crippen LogP contribution < -0.4 is 0 Å². The third kappa shape index (κ3) is 12.4. The van der Waals surface area contributed by atoms with Crippen molar-refractivity contribution in [3.63, 3.8) is 0 Å². The molecular weight excluding hydrogens is 384 g/mol. The van der Waals surface area contributed by atoms with Gasteiger partial charge >= 0.3 is 0 Å². The maximum Gasteiger partial charge on any atom is 0.0344 e. The number of benzene rings is 1. The number of rotatable bonds is 18. The van der Waals surface area contributed by atoms with E-state index < -0.39 is 0 Å². The van der Waals surface area contributed by atoms with E-state index >= 15 is 0 Å². The van der Waals surface area contributed by atoms with Crippen LogP contribution in [0.25, 0.3) is 0 Å². The Kier molecular flexibility index (Phi) is 17.2. The van der Waals surface area contributed by atoms with Gasteiger partial charge < -0.3 is 0 Å². The quantitative estimate of drug-likeness (QED) is 0.169. The van der Waals surface area contributed by atoms with Gasteiger partial charge in [-0.3, -0.25) is 0 Å². The molecule has 1 rings (SSSR count). The summed E-state index contributed by atoms with van der Waals surface area (Å²) in [6, 6.07) is 7.00. The molecule has 0 saturated carbocycles. The number of hydrogen-bond acceptors (Lipinski definition) is 3. The van der Waals surface area contributed by atoms with Gasteiger partial charge in [-0.1, -0.05) is 84.6 Å². The molecule has 0 aliphatic carbocycles. The van der Waals surface area contributed by atoms with Crippen molar-refractivity contribution >= 4 is 35.3 Å². The molecule has 1 aromatic carbocycles. The summed E-state index contributed by atoms with van der Waals surface area (Å²) in [5.74, 6) is 3.82. The molecule has 0 amide bonds. The number of thioether (sulfide) groups is 3. The monoisotopic (exact) mass is 426 g/mol. The lowest BCUT2D eigenvalue weighted by Gasteiger charge is -2.14. The maximum atomic E-state index is 2.36. The van der Waals surface area contributed by atoms with E-state index in [4.69, 9.17) is 0 Å². The molecule has 0 unspecified atom stereocenters. The van der Waals surface area contributed by atoms with Crippen molar-refractivity contribution < 1.29 is 0 Å². The Morgan fingerprint density at radius 2 is 0.926 bits per heavy atom. The average Bonchev–Trinajstić information content (AvgIpc) is 2.68. The molecule has 0 atom stereocenters. The molecule has 0 bridgehead atoms. The zero-order valence-corrected chi connectivity index (χ0v) is 20.5. The highest BCUT2D eigenvalue weighted by molar-refractivity contribution is 8.03. The minimum absolute atomic E-state index is 1.27. The van der Waals surface area contributed by atoms with Crippen molar-refractivity contribution in [2.24, 2.45) is 0 Å². The van der Waals surface area contributed by atoms with E-state index in [1.165, 1.54) is 104 Å². The predicted octanol–water partition coefficient (Wildman–Crippen LogP) is 9.70. The third-order valence-electron chi connectivity index (χ3n) is 4.70. The lowest BCUT2D eigenvalue weighted by molar-refractivity contribution is 0.705. The second-order valence-electron chi connectivity index (χ2n) is 7.31. The van der Waals surface area contributed by atoms with E-state index in [1.807, 2.05) is 0 Å². The van der Waals surface area contributed by atoms with Crippen LogP contribution in [0, 0.1) is 0 Å². The number of hydrogen-bond donors (Lipinski definition) is 0. The van der Waals surface area contributed by atoms with Crippen LogP contribution in [-0.2, 0) is 0 Å². The SMILES string of the molecule is CCCCCCSc1cccc(SCCCCCC)c1SCCCCCC. The van der Waals surface area contributed by atoms with Crippen LogP contribution in [0.4, 0.5) is 0 Å². The second kappa shape index (κ2) is 18.3. The lowest BCUT2D eigenvalue weighted by Crippen LogP contribution is -1.90. The molecule has 156 valence electrons. The van der Waals surface area contributed by atoms with E-state index in [9.17, 15) is 0 Å². The Labute approximate surface area is 182 Å². The van der Waals surface area contributed by atoms with Crippen molar-refractivity contribution in [1.29, 1.82) is 0 Å². The van der Waals surface area contributed by atoms with Crippen LogP contribution in [0.1, 0.15) is 97.8 Å². The fraction of sp³-hybridized carbons (Fsp3) is 0.750. The van der Waals surface area contributed by atoms with Crippen molar-refractivity contribution in [2.75, 3.05) is 17.3 Å². The van der Waals surface area contributed by atoms with Gasteiger partial charge in [-0.2, -0.15) is 0 Å². The molecule has 0 aliphatic rings. The Balaban J connectivity index is 2.60. The first-order valence-corrected chi connectivity index (χ1v) is 14.3. The molecule has 0 radical (unpaired) electrons. The Morgan fingerprint density at radius 3 is 1.33 bits per heavy atom. The molecule has 27 heavy (non-hydrogen) atoms. The standard InChI is InChI=1S/C24H42S3/c1-4-7-10-13-19-25-22-17-16-18-23(26-20-14-11-8-5-2)24(22)27-21-15-12-9-6-3/h16-18H,4-15,19-21H2,1-3H3. The summed E-state index contributed by atoms with van der Waals surface area (Å²) in [6.45, 7) is 6.88. The Bertz CT molecular complexity index is 427. The van der Waals surface area contributed by atoms with E-state index in [1.54, 1.807) is 4.90 Å². The van der Waals surface area contributed by atoms with Crippen molar-refractivity contribution in [3.8, 4) is 0 Å². The molecule has 1 aromatic rings. The van der Waals surface area contributed by atoms with Gasteiger partial charge in [0.05, 0.1) is 0 Å². The van der Waals surface area contributed by atoms with Gasteiger partial charge in [-0.25, -0.2) is 0 Å². The first-order chi connectivity index (χ1) is 13.3. The minimum atomic E-state index is 1.27. The molecule has 0 heterocycles. The molecule has 0 aliphatic heterocycles. The number of unbranched alkanes of at least 4 members (excludes halogenated alkanes) is 9. The molecule has 0 aromatic heterocycles. The van der Waals surface area contributed by atoms with E-state index in [-0.39, 0.29) is 0 Å². The largest absolute Gasteiger partial charge is 0.125 e. The van der Waals surface area contributed by atoms with Crippen molar-refractivity contribution in [1.82, 2.24) is 0 Å². The summed E-state index contributed by atoms with van der Waals surface area (Å²) in [4.78, 5) is 4.64. The summed E-state index contributed by atoms with van der Waals surface area (Å²) in [5.41, 5.74) is 0. The minimum Gasteiger partial charge on any atom is -0.125 e. The molecule has 0 nitrogen and oxygen atoms in total. The van der Waals surface area contributed by atoms with E-state index in [2.05, 4.69) is 74.3 Å². The summed E-state index contributed by atoms with van der Waals surface area (Å²) >= 11 is 6.31. The van der Waals surface area contributed by atoms with Crippen LogP contribution >= 0.6 is 35.3 Å². The van der Waals surface area contributed by atoms with E-state index in [0.717, 1.165) is 0 Å². The lowest BCUT2D eigenvalue weighted by atomic mass is 10.2. The fourth-order valence-electron chi connectivity index (χ4n) is 2.99. The van der Waals surface area contributed by atoms with Crippen LogP contribution in [0.15, 0.2) is 32.9 Å². The Hall–Kier alpha value is 0.270. The average molecular weight is 427 g/mol. The molecule has 0 saturated heterocycles. The van der Waals surface area contributed by atoms with Crippen LogP contribution in [0.5, 0.6) is 0 Å². The van der Waals surface area contributed by atoms with Gasteiger partial charge in [0.2, 0.25) is 0 Å². The highest BCUT2D eigenvalue weighted by atomic mass is 32.2. The molecule has 3 heteroatoms. The van der Waals surface area contributed by atoms with Crippen LogP contribution in [0.2, 0.25) is 0 Å². The highest BCUT2D eigenvalue weighted by Gasteiger charge is 2.10. The van der Waals surface area contributed by atoms with Gasteiger partial charge in [-0.05, 0) is 48.7 Å². The third-order valence-corrected chi connectivity index (χ3v) is 8.47. The first-order valence-electron chi connectivity index (χ1n) is 11.3. The maximum absolute atomic E-state index is 2.36. The molecule has 0 spiro atoms. The van der Waals surface area contributed by atoms with Gasteiger partial charge in [0.25, 0.3) is 0 Å². The van der Waals surface area contributed by atoms with Gasteiger partial charge in [0, 0.05) is 14.7 Å². The van der Waals surface area contributed by atoms with Crippen LogP contribution in [-0.4, -0.2) is 17.3 Å². The van der Waals surface area contributed by atoms with E-state index in [0.29, 0.717) is 0 Å². The molecular formula is C24H42S3. The molecule has 0 N–H and O–H groups in total. The van der Waals surface area contributed by atoms with Crippen molar-refractivity contribution in [3.05, 3.63) is 18.2 Å². The van der Waals surface area contributed by atoms with Gasteiger partial charge in [-0.15, -0.1) is 35.3 Å². The van der Waals surface area contributed by atoms with Crippen LogP contribution in [0.3, 0.4) is 0 Å². The summed E-state index contributed by atoms with van der Waals surface area (Å²) in [5, 5.41) is 0. The summed E-state index contributed by atoms with van der Waals surface area (Å²) < 4.78 is 0. The zero-order valence-electron chi connectivity index (χ0n) is 18.1. The summed E-state index contributed by atoms with van der Waals surface area (Å²) in [6.07, 6.45) is 16.3. The summed E-state index contributed by atoms with van der Waals surface area (Å²) in [7, 11) is 0. The normalized spacial score (nSPS) is 11.2. The second-order valence-corrected chi connectivity index (χ2v) is 10.7.